The van der Waals surface area contributed by atoms with Crippen molar-refractivity contribution in [2.45, 2.75) is 32.4 Å². The van der Waals surface area contributed by atoms with E-state index in [2.05, 4.69) is 46.1 Å². The molecule has 0 fully saturated rings. The Morgan fingerprint density at radius 2 is 2.10 bits per heavy atom. The summed E-state index contributed by atoms with van der Waals surface area (Å²) < 4.78 is 2.30. The first-order valence-electron chi connectivity index (χ1n) is 7.45. The second kappa shape index (κ2) is 6.10. The van der Waals surface area contributed by atoms with E-state index in [0.717, 1.165) is 25.1 Å². The lowest BCUT2D eigenvalue weighted by Crippen LogP contribution is -2.17. The molecule has 0 radical (unpaired) electrons. The Kier molecular flexibility index (Phi) is 4.02. The minimum absolute atomic E-state index is 0.194. The molecule has 108 valence electrons. The van der Waals surface area contributed by atoms with E-state index in [1.54, 1.807) is 0 Å². The van der Waals surface area contributed by atoms with E-state index in [1.165, 1.54) is 16.5 Å². The van der Waals surface area contributed by atoms with Crippen molar-refractivity contribution in [1.29, 1.82) is 0 Å². The Morgan fingerprint density at radius 3 is 2.86 bits per heavy atom. The molecule has 2 N–H and O–H groups in total. The Balaban J connectivity index is 1.81. The first-order chi connectivity index (χ1) is 10.2. The average molecular weight is 279 g/mol. The fourth-order valence-electron chi connectivity index (χ4n) is 2.70. The lowest BCUT2D eigenvalue weighted by Gasteiger charge is -2.08. The molecule has 0 spiro atoms. The lowest BCUT2D eigenvalue weighted by atomic mass is 10.1. The normalized spacial score (nSPS) is 12.7. The van der Waals surface area contributed by atoms with Gasteiger partial charge in [0.25, 0.3) is 0 Å². The number of nitrogens with two attached hydrogens (primary N) is 1. The number of pyridine rings is 1. The van der Waals surface area contributed by atoms with Crippen LogP contribution in [0, 0.1) is 0 Å². The monoisotopic (exact) mass is 279 g/mol. The molecule has 21 heavy (non-hydrogen) atoms. The van der Waals surface area contributed by atoms with Crippen molar-refractivity contribution >= 4 is 10.9 Å². The summed E-state index contributed by atoms with van der Waals surface area (Å²) >= 11 is 0. The Hall–Kier alpha value is -2.13. The second-order valence-electron chi connectivity index (χ2n) is 5.65. The van der Waals surface area contributed by atoms with Crippen molar-refractivity contribution in [2.24, 2.45) is 5.73 Å². The van der Waals surface area contributed by atoms with Gasteiger partial charge in [-0.15, -0.1) is 0 Å². The van der Waals surface area contributed by atoms with Crippen LogP contribution in [-0.2, 0) is 19.4 Å². The molecule has 0 saturated carbocycles. The quantitative estimate of drug-likeness (QED) is 0.779. The van der Waals surface area contributed by atoms with Gasteiger partial charge >= 0.3 is 0 Å². The third-order valence-electron chi connectivity index (χ3n) is 3.73. The molecule has 0 aliphatic rings. The SMILES string of the molecule is CC(N)Cc1ccc2ccn(CCc3ccccn3)c2c1. The molecule has 0 amide bonds. The van der Waals surface area contributed by atoms with Gasteiger partial charge < -0.3 is 10.3 Å². The number of aryl methyl sites for hydroxylation is 2. The third kappa shape index (κ3) is 3.31. The fourth-order valence-corrected chi connectivity index (χ4v) is 2.70. The molecular weight excluding hydrogens is 258 g/mol. The zero-order chi connectivity index (χ0) is 14.7. The van der Waals surface area contributed by atoms with Crippen molar-refractivity contribution in [1.82, 2.24) is 9.55 Å². The van der Waals surface area contributed by atoms with Crippen LogP contribution in [0.4, 0.5) is 0 Å². The van der Waals surface area contributed by atoms with E-state index in [-0.39, 0.29) is 6.04 Å². The van der Waals surface area contributed by atoms with Gasteiger partial charge in [0.2, 0.25) is 0 Å². The van der Waals surface area contributed by atoms with Crippen LogP contribution in [-0.4, -0.2) is 15.6 Å². The predicted molar refractivity (Wildman–Crippen MR) is 87.2 cm³/mol. The molecule has 2 aromatic heterocycles. The molecule has 2 heterocycles. The summed E-state index contributed by atoms with van der Waals surface area (Å²) in [5.74, 6) is 0. The van der Waals surface area contributed by atoms with Gasteiger partial charge in [-0.25, -0.2) is 0 Å². The van der Waals surface area contributed by atoms with Gasteiger partial charge in [0.05, 0.1) is 0 Å². The number of fused-ring (bicyclic) bond motifs is 1. The summed E-state index contributed by atoms with van der Waals surface area (Å²) in [6, 6.07) is 15.1. The standard InChI is InChI=1S/C18H21N3/c1-14(19)12-15-5-6-16-7-10-21(18(16)13-15)11-8-17-4-2-3-9-20-17/h2-7,9-10,13-14H,8,11-12,19H2,1H3. The zero-order valence-corrected chi connectivity index (χ0v) is 12.4. The summed E-state index contributed by atoms with van der Waals surface area (Å²) in [6.07, 6.45) is 5.87. The molecule has 1 unspecified atom stereocenters. The van der Waals surface area contributed by atoms with Crippen LogP contribution in [0.25, 0.3) is 10.9 Å². The summed E-state index contributed by atoms with van der Waals surface area (Å²) in [6.45, 7) is 2.99. The van der Waals surface area contributed by atoms with E-state index >= 15 is 0 Å². The van der Waals surface area contributed by atoms with Gasteiger partial charge in [-0.1, -0.05) is 18.2 Å². The third-order valence-corrected chi connectivity index (χ3v) is 3.73. The topological polar surface area (TPSA) is 43.8 Å². The molecule has 0 aliphatic carbocycles. The Bertz CT molecular complexity index is 714. The smallest absolute Gasteiger partial charge is 0.0483 e. The van der Waals surface area contributed by atoms with Crippen molar-refractivity contribution in [3.8, 4) is 0 Å². The van der Waals surface area contributed by atoms with E-state index < -0.39 is 0 Å². The maximum absolute atomic E-state index is 5.90. The lowest BCUT2D eigenvalue weighted by molar-refractivity contribution is 0.708. The minimum Gasteiger partial charge on any atom is -0.347 e. The molecule has 0 saturated heterocycles. The highest BCUT2D eigenvalue weighted by atomic mass is 15.0. The number of benzene rings is 1. The van der Waals surface area contributed by atoms with Crippen LogP contribution in [0.1, 0.15) is 18.2 Å². The summed E-state index contributed by atoms with van der Waals surface area (Å²) in [5, 5.41) is 1.28. The molecule has 3 rings (SSSR count). The van der Waals surface area contributed by atoms with Crippen LogP contribution in [0.15, 0.2) is 54.9 Å². The maximum Gasteiger partial charge on any atom is 0.0483 e. The Labute approximate surface area is 125 Å². The highest BCUT2D eigenvalue weighted by Gasteiger charge is 2.05. The van der Waals surface area contributed by atoms with Crippen LogP contribution >= 0.6 is 0 Å². The van der Waals surface area contributed by atoms with Gasteiger partial charge in [0.1, 0.15) is 0 Å². The molecular formula is C18H21N3. The molecule has 3 nitrogen and oxygen atoms in total. The molecule has 1 aromatic carbocycles. The number of hydrogen-bond acceptors (Lipinski definition) is 2. The number of rotatable bonds is 5. The van der Waals surface area contributed by atoms with Crippen LogP contribution in [0.5, 0.6) is 0 Å². The Morgan fingerprint density at radius 1 is 1.19 bits per heavy atom. The highest BCUT2D eigenvalue weighted by Crippen LogP contribution is 2.19. The number of aromatic nitrogens is 2. The molecule has 1 atom stereocenters. The van der Waals surface area contributed by atoms with E-state index in [9.17, 15) is 0 Å². The first kappa shape index (κ1) is 13.8. The average Bonchev–Trinajstić information content (AvgIpc) is 2.88. The molecule has 3 heteroatoms. The maximum atomic E-state index is 5.90. The molecule has 3 aromatic rings. The van der Waals surface area contributed by atoms with Crippen molar-refractivity contribution in [2.75, 3.05) is 0 Å². The first-order valence-corrected chi connectivity index (χ1v) is 7.45. The summed E-state index contributed by atoms with van der Waals surface area (Å²) in [7, 11) is 0. The predicted octanol–water partition coefficient (Wildman–Crippen LogP) is 3.17. The molecule has 0 aliphatic heterocycles. The minimum atomic E-state index is 0.194. The van der Waals surface area contributed by atoms with Crippen molar-refractivity contribution < 1.29 is 0 Å². The number of nitrogens with zero attached hydrogens (tertiary/aromatic N) is 2. The van der Waals surface area contributed by atoms with Gasteiger partial charge in [-0.3, -0.25) is 4.98 Å². The van der Waals surface area contributed by atoms with E-state index in [4.69, 9.17) is 5.73 Å². The van der Waals surface area contributed by atoms with E-state index in [1.807, 2.05) is 25.3 Å². The van der Waals surface area contributed by atoms with Crippen LogP contribution in [0.2, 0.25) is 0 Å². The summed E-state index contributed by atoms with van der Waals surface area (Å²) in [4.78, 5) is 4.39. The van der Waals surface area contributed by atoms with Gasteiger partial charge in [-0.05, 0) is 48.6 Å². The van der Waals surface area contributed by atoms with Crippen molar-refractivity contribution in [3.05, 3.63) is 66.1 Å². The highest BCUT2D eigenvalue weighted by molar-refractivity contribution is 5.80. The van der Waals surface area contributed by atoms with Gasteiger partial charge in [0, 0.05) is 42.6 Å². The number of hydrogen-bond donors (Lipinski definition) is 1. The van der Waals surface area contributed by atoms with Crippen molar-refractivity contribution in [3.63, 3.8) is 0 Å². The van der Waals surface area contributed by atoms with E-state index in [0.29, 0.717) is 0 Å². The molecule has 0 bridgehead atoms. The van der Waals surface area contributed by atoms with Gasteiger partial charge in [0.15, 0.2) is 0 Å². The summed E-state index contributed by atoms with van der Waals surface area (Å²) in [5.41, 5.74) is 9.61. The van der Waals surface area contributed by atoms with Gasteiger partial charge in [-0.2, -0.15) is 0 Å². The van der Waals surface area contributed by atoms with Crippen LogP contribution < -0.4 is 5.73 Å². The fraction of sp³-hybridized carbons (Fsp3) is 0.278. The van der Waals surface area contributed by atoms with Crippen LogP contribution in [0.3, 0.4) is 0 Å². The largest absolute Gasteiger partial charge is 0.347 e. The zero-order valence-electron chi connectivity index (χ0n) is 12.4. The second-order valence-corrected chi connectivity index (χ2v) is 5.65.